The van der Waals surface area contributed by atoms with E-state index in [-0.39, 0.29) is 5.82 Å². The van der Waals surface area contributed by atoms with Crippen LogP contribution in [0.3, 0.4) is 0 Å². The molecule has 1 aromatic rings. The first-order chi connectivity index (χ1) is 7.25. The van der Waals surface area contributed by atoms with Crippen LogP contribution in [0.4, 0.5) is 4.39 Å². The van der Waals surface area contributed by atoms with Crippen molar-refractivity contribution in [2.45, 2.75) is 12.8 Å². The Balaban J connectivity index is 2.25. The van der Waals surface area contributed by atoms with Crippen LogP contribution in [0.15, 0.2) is 23.8 Å². The minimum atomic E-state index is -0.203. The first kappa shape index (κ1) is 10.7. The predicted molar refractivity (Wildman–Crippen MR) is 61.5 cm³/mol. The van der Waals surface area contributed by atoms with Crippen LogP contribution < -0.4 is 5.32 Å². The minimum absolute atomic E-state index is 0.203. The zero-order valence-corrected chi connectivity index (χ0v) is 9.15. The van der Waals surface area contributed by atoms with E-state index in [4.69, 9.17) is 11.6 Å². The summed E-state index contributed by atoms with van der Waals surface area (Å²) in [6, 6.07) is 4.66. The molecule has 1 aliphatic rings. The molecule has 0 radical (unpaired) electrons. The van der Waals surface area contributed by atoms with Gasteiger partial charge in [-0.1, -0.05) is 23.3 Å². The maximum atomic E-state index is 13.4. The van der Waals surface area contributed by atoms with Crippen LogP contribution in [-0.2, 0) is 0 Å². The zero-order valence-electron chi connectivity index (χ0n) is 8.39. The monoisotopic (exact) mass is 225 g/mol. The van der Waals surface area contributed by atoms with Gasteiger partial charge in [0, 0.05) is 10.6 Å². The Morgan fingerprint density at radius 1 is 1.27 bits per heavy atom. The zero-order chi connectivity index (χ0) is 10.7. The second kappa shape index (κ2) is 4.77. The summed E-state index contributed by atoms with van der Waals surface area (Å²) in [5, 5.41) is 3.85. The fourth-order valence-corrected chi connectivity index (χ4v) is 1.92. The number of hydrogen-bond acceptors (Lipinski definition) is 1. The summed E-state index contributed by atoms with van der Waals surface area (Å²) in [6.45, 7) is 1.96. The molecule has 2 rings (SSSR count). The highest BCUT2D eigenvalue weighted by molar-refractivity contribution is 6.30. The Morgan fingerprint density at radius 2 is 2.00 bits per heavy atom. The lowest BCUT2D eigenvalue weighted by molar-refractivity contribution is 0.609. The highest BCUT2D eigenvalue weighted by Gasteiger charge is 2.06. The number of nitrogens with one attached hydrogen (secondary N) is 1. The normalized spacial score (nSPS) is 16.5. The first-order valence-corrected chi connectivity index (χ1v) is 5.49. The average Bonchev–Trinajstić information content (AvgIpc) is 2.25. The lowest BCUT2D eigenvalue weighted by Gasteiger charge is -2.15. The number of rotatable bonds is 1. The Bertz CT molecular complexity index is 379. The summed E-state index contributed by atoms with van der Waals surface area (Å²) in [5.74, 6) is -0.203. The molecule has 1 aromatic carbocycles. The predicted octanol–water partition coefficient (Wildman–Crippen LogP) is 3.25. The van der Waals surface area contributed by atoms with Crippen LogP contribution in [0.5, 0.6) is 0 Å². The molecule has 0 bridgehead atoms. The Morgan fingerprint density at radius 3 is 2.73 bits per heavy atom. The maximum Gasteiger partial charge on any atom is 0.130 e. The fraction of sp³-hybridized carbons (Fsp3) is 0.333. The topological polar surface area (TPSA) is 12.0 Å². The van der Waals surface area contributed by atoms with Gasteiger partial charge in [0.15, 0.2) is 0 Å². The number of hydrogen-bond donors (Lipinski definition) is 1. The van der Waals surface area contributed by atoms with Crippen molar-refractivity contribution in [2.75, 3.05) is 13.1 Å². The van der Waals surface area contributed by atoms with Gasteiger partial charge in [-0.25, -0.2) is 4.39 Å². The van der Waals surface area contributed by atoms with Gasteiger partial charge in [-0.3, -0.25) is 0 Å². The highest BCUT2D eigenvalue weighted by atomic mass is 35.5. The van der Waals surface area contributed by atoms with Gasteiger partial charge in [-0.2, -0.15) is 0 Å². The molecule has 0 aliphatic carbocycles. The van der Waals surface area contributed by atoms with Crippen molar-refractivity contribution in [1.82, 2.24) is 5.32 Å². The van der Waals surface area contributed by atoms with Gasteiger partial charge in [0.25, 0.3) is 0 Å². The van der Waals surface area contributed by atoms with Crippen molar-refractivity contribution in [3.63, 3.8) is 0 Å². The third kappa shape index (κ3) is 2.80. The van der Waals surface area contributed by atoms with Crippen LogP contribution in [-0.4, -0.2) is 13.1 Å². The van der Waals surface area contributed by atoms with E-state index in [0.717, 1.165) is 25.9 Å². The summed E-state index contributed by atoms with van der Waals surface area (Å²) in [6.07, 6.45) is 3.90. The van der Waals surface area contributed by atoms with Gasteiger partial charge < -0.3 is 5.32 Å². The Hall–Kier alpha value is -0.860. The van der Waals surface area contributed by atoms with E-state index in [9.17, 15) is 4.39 Å². The molecule has 0 aromatic heterocycles. The Kier molecular flexibility index (Phi) is 3.39. The van der Waals surface area contributed by atoms with Crippen molar-refractivity contribution < 1.29 is 4.39 Å². The van der Waals surface area contributed by atoms with Crippen LogP contribution in [0, 0.1) is 5.82 Å². The van der Waals surface area contributed by atoms with Crippen molar-refractivity contribution in [3.05, 3.63) is 40.2 Å². The molecule has 80 valence electrons. The second-order valence-electron chi connectivity index (χ2n) is 3.72. The van der Waals surface area contributed by atoms with Crippen molar-refractivity contribution in [1.29, 1.82) is 0 Å². The molecule has 1 saturated heterocycles. The van der Waals surface area contributed by atoms with Gasteiger partial charge in [-0.05, 0) is 44.1 Å². The van der Waals surface area contributed by atoms with E-state index in [0.29, 0.717) is 10.6 Å². The molecule has 0 unspecified atom stereocenters. The quantitative estimate of drug-likeness (QED) is 0.774. The van der Waals surface area contributed by atoms with E-state index in [2.05, 4.69) is 5.32 Å². The lowest BCUT2D eigenvalue weighted by atomic mass is 10.0. The summed E-state index contributed by atoms with van der Waals surface area (Å²) >= 11 is 5.83. The minimum Gasteiger partial charge on any atom is -0.316 e. The van der Waals surface area contributed by atoms with Crippen molar-refractivity contribution in [3.8, 4) is 0 Å². The van der Waals surface area contributed by atoms with Crippen molar-refractivity contribution in [2.24, 2.45) is 0 Å². The number of halogens is 2. The molecule has 1 aliphatic heterocycles. The molecule has 1 fully saturated rings. The molecule has 0 atom stereocenters. The molecule has 1 N–H and O–H groups in total. The Labute approximate surface area is 93.9 Å². The first-order valence-electron chi connectivity index (χ1n) is 5.11. The van der Waals surface area contributed by atoms with Gasteiger partial charge in [-0.15, -0.1) is 0 Å². The average molecular weight is 226 g/mol. The SMILES string of the molecule is Fc1ccc(Cl)cc1C=C1CCNCC1. The van der Waals surface area contributed by atoms with E-state index in [1.165, 1.54) is 11.6 Å². The van der Waals surface area contributed by atoms with Crippen LogP contribution in [0.2, 0.25) is 5.02 Å². The number of benzene rings is 1. The van der Waals surface area contributed by atoms with Crippen LogP contribution in [0.25, 0.3) is 6.08 Å². The van der Waals surface area contributed by atoms with E-state index >= 15 is 0 Å². The van der Waals surface area contributed by atoms with E-state index < -0.39 is 0 Å². The van der Waals surface area contributed by atoms with Gasteiger partial charge in [0.05, 0.1) is 0 Å². The molecule has 1 nitrogen and oxygen atoms in total. The third-order valence-corrected chi connectivity index (χ3v) is 2.80. The molecule has 15 heavy (non-hydrogen) atoms. The van der Waals surface area contributed by atoms with E-state index in [1.807, 2.05) is 6.08 Å². The van der Waals surface area contributed by atoms with Gasteiger partial charge >= 0.3 is 0 Å². The van der Waals surface area contributed by atoms with Crippen LogP contribution >= 0.6 is 11.6 Å². The molecular formula is C12H13ClFN. The van der Waals surface area contributed by atoms with Crippen LogP contribution in [0.1, 0.15) is 18.4 Å². The smallest absolute Gasteiger partial charge is 0.130 e. The molecule has 1 heterocycles. The summed E-state index contributed by atoms with van der Waals surface area (Å²) in [7, 11) is 0. The second-order valence-corrected chi connectivity index (χ2v) is 4.15. The largest absolute Gasteiger partial charge is 0.316 e. The maximum absolute atomic E-state index is 13.4. The summed E-state index contributed by atoms with van der Waals surface area (Å²) in [5.41, 5.74) is 1.88. The van der Waals surface area contributed by atoms with E-state index in [1.54, 1.807) is 12.1 Å². The van der Waals surface area contributed by atoms with Gasteiger partial charge in [0.2, 0.25) is 0 Å². The fourth-order valence-electron chi connectivity index (χ4n) is 1.74. The number of piperidine rings is 1. The summed E-state index contributed by atoms with van der Waals surface area (Å²) < 4.78 is 13.4. The summed E-state index contributed by atoms with van der Waals surface area (Å²) in [4.78, 5) is 0. The van der Waals surface area contributed by atoms with Crippen molar-refractivity contribution >= 4 is 17.7 Å². The molecule has 0 saturated carbocycles. The van der Waals surface area contributed by atoms with Gasteiger partial charge in [0.1, 0.15) is 5.82 Å². The standard InChI is InChI=1S/C12H13ClFN/c13-11-1-2-12(14)10(8-11)7-9-3-5-15-6-4-9/h1-2,7-8,15H,3-6H2. The highest BCUT2D eigenvalue weighted by Crippen LogP contribution is 2.20. The third-order valence-electron chi connectivity index (χ3n) is 2.56. The molecule has 0 amide bonds. The lowest BCUT2D eigenvalue weighted by Crippen LogP contribution is -2.22. The molecule has 0 spiro atoms. The molecular weight excluding hydrogens is 213 g/mol. The molecule has 3 heteroatoms.